The molecule has 4 heteroatoms. The van der Waals surface area contributed by atoms with Crippen molar-refractivity contribution in [2.24, 2.45) is 5.41 Å². The Morgan fingerprint density at radius 1 is 1.21 bits per heavy atom. The number of rotatable bonds is 6. The number of halogens is 1. The zero-order valence-corrected chi connectivity index (χ0v) is 15.2. The second kappa shape index (κ2) is 8.75. The van der Waals surface area contributed by atoms with E-state index < -0.39 is 0 Å². The largest absolute Gasteiger partial charge is 0.396 e. The van der Waals surface area contributed by atoms with Gasteiger partial charge in [-0.25, -0.2) is 4.39 Å². The van der Waals surface area contributed by atoms with E-state index in [1.807, 2.05) is 6.08 Å². The average molecular weight is 334 g/mol. The van der Waals surface area contributed by atoms with Gasteiger partial charge in [-0.3, -0.25) is 9.80 Å². The van der Waals surface area contributed by atoms with Gasteiger partial charge in [0.25, 0.3) is 0 Å². The van der Waals surface area contributed by atoms with Crippen molar-refractivity contribution in [2.45, 2.75) is 33.2 Å². The zero-order valence-electron chi connectivity index (χ0n) is 15.2. The first kappa shape index (κ1) is 19.1. The summed E-state index contributed by atoms with van der Waals surface area (Å²) >= 11 is 0. The lowest BCUT2D eigenvalue weighted by Gasteiger charge is -2.43. The summed E-state index contributed by atoms with van der Waals surface area (Å²) in [6, 6.07) is 6.98. The molecule has 0 unspecified atom stereocenters. The highest BCUT2D eigenvalue weighted by Crippen LogP contribution is 2.21. The molecule has 1 saturated heterocycles. The van der Waals surface area contributed by atoms with Crippen LogP contribution < -0.4 is 0 Å². The maximum Gasteiger partial charge on any atom is 0.123 e. The first-order valence-electron chi connectivity index (χ1n) is 8.87. The molecule has 1 N–H and O–H groups in total. The van der Waals surface area contributed by atoms with E-state index >= 15 is 0 Å². The fourth-order valence-corrected chi connectivity index (χ4v) is 3.28. The zero-order chi connectivity index (χ0) is 17.6. The van der Waals surface area contributed by atoms with Crippen LogP contribution in [0.1, 0.15) is 32.8 Å². The number of benzene rings is 1. The molecule has 1 heterocycles. The molecule has 1 fully saturated rings. The van der Waals surface area contributed by atoms with Crippen LogP contribution in [0.5, 0.6) is 0 Å². The summed E-state index contributed by atoms with van der Waals surface area (Å²) in [4.78, 5) is 4.95. The molecule has 0 radical (unpaired) electrons. The Labute approximate surface area is 145 Å². The van der Waals surface area contributed by atoms with E-state index in [1.54, 1.807) is 12.1 Å². The summed E-state index contributed by atoms with van der Waals surface area (Å²) in [5.74, 6) is -0.200. The Kier molecular flexibility index (Phi) is 6.96. The highest BCUT2D eigenvalue weighted by Gasteiger charge is 2.28. The Balaban J connectivity index is 1.87. The lowest BCUT2D eigenvalue weighted by atomic mass is 9.94. The van der Waals surface area contributed by atoms with E-state index in [4.69, 9.17) is 0 Å². The van der Waals surface area contributed by atoms with Gasteiger partial charge in [0.1, 0.15) is 5.82 Å². The van der Waals surface area contributed by atoms with E-state index in [0.717, 1.165) is 44.7 Å². The predicted octanol–water partition coefficient (Wildman–Crippen LogP) is 3.25. The van der Waals surface area contributed by atoms with E-state index in [-0.39, 0.29) is 17.8 Å². The molecule has 1 aliphatic rings. The van der Waals surface area contributed by atoms with Gasteiger partial charge in [0.2, 0.25) is 0 Å². The van der Waals surface area contributed by atoms with E-state index in [2.05, 4.69) is 36.6 Å². The first-order valence-corrected chi connectivity index (χ1v) is 8.87. The van der Waals surface area contributed by atoms with Crippen molar-refractivity contribution in [3.05, 3.63) is 41.7 Å². The van der Waals surface area contributed by atoms with Gasteiger partial charge in [-0.15, -0.1) is 0 Å². The standard InChI is InChI=1S/C20H31FN2O/c1-20(2,3)16-23-13-12-22(15-19(23)10-14-24)11-4-5-17-6-8-18(21)9-7-17/h4-9,19,24H,10-16H2,1-3H3/b5-4+/t19-/m1/s1. The van der Waals surface area contributed by atoms with Crippen molar-refractivity contribution in [3.8, 4) is 0 Å². The molecule has 1 aromatic carbocycles. The average Bonchev–Trinajstić information content (AvgIpc) is 2.51. The van der Waals surface area contributed by atoms with Crippen molar-refractivity contribution in [2.75, 3.05) is 39.3 Å². The van der Waals surface area contributed by atoms with E-state index in [0.29, 0.717) is 6.04 Å². The molecule has 1 aromatic rings. The molecular formula is C20H31FN2O. The normalized spacial score (nSPS) is 20.8. The number of aliphatic hydroxyl groups is 1. The molecule has 134 valence electrons. The summed E-state index contributed by atoms with van der Waals surface area (Å²) in [6.07, 6.45) is 5.01. The molecule has 1 aliphatic heterocycles. The molecule has 3 nitrogen and oxygen atoms in total. The van der Waals surface area contributed by atoms with Gasteiger partial charge in [0, 0.05) is 45.4 Å². The lowest BCUT2D eigenvalue weighted by Crippen LogP contribution is -2.55. The van der Waals surface area contributed by atoms with Crippen LogP contribution in [0.2, 0.25) is 0 Å². The Hall–Kier alpha value is -1.23. The topological polar surface area (TPSA) is 26.7 Å². The number of piperazine rings is 1. The monoisotopic (exact) mass is 334 g/mol. The van der Waals surface area contributed by atoms with Gasteiger partial charge in [-0.2, -0.15) is 0 Å². The summed E-state index contributed by atoms with van der Waals surface area (Å²) in [6.45, 7) is 12.1. The van der Waals surface area contributed by atoms with E-state index in [9.17, 15) is 9.50 Å². The minimum atomic E-state index is -0.200. The Morgan fingerprint density at radius 2 is 1.92 bits per heavy atom. The molecule has 0 spiro atoms. The molecule has 0 bridgehead atoms. The quantitative estimate of drug-likeness (QED) is 0.865. The van der Waals surface area contributed by atoms with Gasteiger partial charge in [-0.05, 0) is 29.5 Å². The van der Waals surface area contributed by atoms with Crippen molar-refractivity contribution < 1.29 is 9.50 Å². The van der Waals surface area contributed by atoms with Gasteiger partial charge in [0.15, 0.2) is 0 Å². The summed E-state index contributed by atoms with van der Waals surface area (Å²) in [5, 5.41) is 9.38. The first-order chi connectivity index (χ1) is 11.4. The highest BCUT2D eigenvalue weighted by atomic mass is 19.1. The highest BCUT2D eigenvalue weighted by molar-refractivity contribution is 5.48. The third-order valence-corrected chi connectivity index (χ3v) is 4.37. The van der Waals surface area contributed by atoms with Gasteiger partial charge in [-0.1, -0.05) is 45.1 Å². The summed E-state index contributed by atoms with van der Waals surface area (Å²) in [5.41, 5.74) is 1.30. The van der Waals surface area contributed by atoms with Crippen LogP contribution in [0.25, 0.3) is 6.08 Å². The number of nitrogens with zero attached hydrogens (tertiary/aromatic N) is 2. The van der Waals surface area contributed by atoms with Crippen LogP contribution in [-0.4, -0.2) is 60.3 Å². The van der Waals surface area contributed by atoms with Crippen molar-refractivity contribution in [3.63, 3.8) is 0 Å². The third-order valence-electron chi connectivity index (χ3n) is 4.37. The maximum atomic E-state index is 12.9. The fourth-order valence-electron chi connectivity index (χ4n) is 3.28. The Morgan fingerprint density at radius 3 is 2.54 bits per heavy atom. The Bertz CT molecular complexity index is 521. The van der Waals surface area contributed by atoms with Crippen LogP contribution in [0.15, 0.2) is 30.3 Å². The number of hydrogen-bond acceptors (Lipinski definition) is 3. The molecule has 0 amide bonds. The van der Waals surface area contributed by atoms with Gasteiger partial charge in [0.05, 0.1) is 0 Å². The van der Waals surface area contributed by atoms with Crippen LogP contribution >= 0.6 is 0 Å². The predicted molar refractivity (Wildman–Crippen MR) is 98.4 cm³/mol. The van der Waals surface area contributed by atoms with Crippen LogP contribution in [0.4, 0.5) is 4.39 Å². The van der Waals surface area contributed by atoms with Crippen molar-refractivity contribution in [1.29, 1.82) is 0 Å². The number of hydrogen-bond donors (Lipinski definition) is 1. The molecule has 0 aromatic heterocycles. The third kappa shape index (κ3) is 6.34. The van der Waals surface area contributed by atoms with Gasteiger partial charge >= 0.3 is 0 Å². The van der Waals surface area contributed by atoms with E-state index in [1.165, 1.54) is 12.1 Å². The molecular weight excluding hydrogens is 303 g/mol. The second-order valence-corrected chi connectivity index (χ2v) is 7.91. The SMILES string of the molecule is CC(C)(C)CN1CCN(C/C=C/c2ccc(F)cc2)C[C@H]1CCO. The molecule has 0 saturated carbocycles. The van der Waals surface area contributed by atoms with Crippen LogP contribution in [0, 0.1) is 11.2 Å². The molecule has 0 aliphatic carbocycles. The van der Waals surface area contributed by atoms with Crippen molar-refractivity contribution >= 4 is 6.08 Å². The molecule has 2 rings (SSSR count). The molecule has 24 heavy (non-hydrogen) atoms. The van der Waals surface area contributed by atoms with Crippen LogP contribution in [0.3, 0.4) is 0 Å². The molecule has 1 atom stereocenters. The summed E-state index contributed by atoms with van der Waals surface area (Å²) < 4.78 is 12.9. The fraction of sp³-hybridized carbons (Fsp3) is 0.600. The lowest BCUT2D eigenvalue weighted by molar-refractivity contribution is 0.0420. The minimum Gasteiger partial charge on any atom is -0.396 e. The minimum absolute atomic E-state index is 0.200. The van der Waals surface area contributed by atoms with Crippen LogP contribution in [-0.2, 0) is 0 Å². The maximum absolute atomic E-state index is 12.9. The summed E-state index contributed by atoms with van der Waals surface area (Å²) in [7, 11) is 0. The second-order valence-electron chi connectivity index (χ2n) is 7.91. The smallest absolute Gasteiger partial charge is 0.123 e. The van der Waals surface area contributed by atoms with Gasteiger partial charge < -0.3 is 5.11 Å². The van der Waals surface area contributed by atoms with Crippen molar-refractivity contribution in [1.82, 2.24) is 9.80 Å². The number of aliphatic hydroxyl groups excluding tert-OH is 1.